The summed E-state index contributed by atoms with van der Waals surface area (Å²) in [6.45, 7) is 0. The maximum atomic E-state index is 4.60. The van der Waals surface area contributed by atoms with Crippen molar-refractivity contribution in [3.63, 3.8) is 0 Å². The van der Waals surface area contributed by atoms with Gasteiger partial charge in [0.2, 0.25) is 0 Å². The molecule has 0 bridgehead atoms. The Balaban J connectivity index is 2.05. The number of hydrogen-bond acceptors (Lipinski definition) is 1. The van der Waals surface area contributed by atoms with Crippen molar-refractivity contribution in [2.75, 3.05) is 0 Å². The highest BCUT2D eigenvalue weighted by molar-refractivity contribution is 9.10. The SMILES string of the molecule is Brc1ccc2c(ccc3c2ncn3-c2ccccc2)c1. The monoisotopic (exact) mass is 322 g/mol. The second-order valence-corrected chi connectivity index (χ2v) is 5.66. The van der Waals surface area contributed by atoms with E-state index in [0.29, 0.717) is 0 Å². The molecular formula is C17H11BrN2. The predicted octanol–water partition coefficient (Wildman–Crippen LogP) is 4.94. The molecule has 0 aliphatic heterocycles. The third kappa shape index (κ3) is 1.74. The van der Waals surface area contributed by atoms with E-state index >= 15 is 0 Å². The summed E-state index contributed by atoms with van der Waals surface area (Å²) in [6.07, 6.45) is 1.89. The van der Waals surface area contributed by atoms with E-state index in [1.807, 2.05) is 24.5 Å². The largest absolute Gasteiger partial charge is 0.299 e. The number of rotatable bonds is 1. The van der Waals surface area contributed by atoms with Gasteiger partial charge in [-0.3, -0.25) is 4.57 Å². The molecule has 0 radical (unpaired) electrons. The van der Waals surface area contributed by atoms with Gasteiger partial charge in [-0.2, -0.15) is 0 Å². The summed E-state index contributed by atoms with van der Waals surface area (Å²) < 4.78 is 3.21. The Hall–Kier alpha value is -2.13. The lowest BCUT2D eigenvalue weighted by Crippen LogP contribution is -1.90. The van der Waals surface area contributed by atoms with Gasteiger partial charge in [-0.15, -0.1) is 0 Å². The first kappa shape index (κ1) is 11.7. The second-order valence-electron chi connectivity index (χ2n) is 4.75. The van der Waals surface area contributed by atoms with Gasteiger partial charge in [-0.1, -0.05) is 46.3 Å². The van der Waals surface area contributed by atoms with Crippen molar-refractivity contribution in [2.24, 2.45) is 0 Å². The van der Waals surface area contributed by atoms with Gasteiger partial charge in [0.05, 0.1) is 11.0 Å². The number of hydrogen-bond donors (Lipinski definition) is 0. The minimum absolute atomic E-state index is 1.04. The Kier molecular flexibility index (Phi) is 2.60. The van der Waals surface area contributed by atoms with E-state index in [2.05, 4.69) is 67.9 Å². The molecule has 0 saturated carbocycles. The van der Waals surface area contributed by atoms with E-state index in [1.54, 1.807) is 0 Å². The Labute approximate surface area is 124 Å². The van der Waals surface area contributed by atoms with Gasteiger partial charge in [0.25, 0.3) is 0 Å². The van der Waals surface area contributed by atoms with Crippen LogP contribution in [0, 0.1) is 0 Å². The highest BCUT2D eigenvalue weighted by Gasteiger charge is 2.08. The normalized spacial score (nSPS) is 11.2. The smallest absolute Gasteiger partial charge is 0.100 e. The topological polar surface area (TPSA) is 17.8 Å². The molecule has 3 heteroatoms. The molecule has 0 N–H and O–H groups in total. The lowest BCUT2D eigenvalue weighted by Gasteiger charge is -2.05. The quantitative estimate of drug-likeness (QED) is 0.485. The number of halogens is 1. The molecule has 0 saturated heterocycles. The first-order valence-corrected chi connectivity index (χ1v) is 7.23. The van der Waals surface area contributed by atoms with Crippen LogP contribution < -0.4 is 0 Å². The summed E-state index contributed by atoms with van der Waals surface area (Å²) in [5.74, 6) is 0. The molecule has 96 valence electrons. The number of benzene rings is 3. The fraction of sp³-hybridized carbons (Fsp3) is 0. The van der Waals surface area contributed by atoms with Crippen molar-refractivity contribution in [1.29, 1.82) is 0 Å². The third-order valence-corrected chi connectivity index (χ3v) is 4.02. The van der Waals surface area contributed by atoms with Crippen LogP contribution in [0.5, 0.6) is 0 Å². The predicted molar refractivity (Wildman–Crippen MR) is 86.3 cm³/mol. The second kappa shape index (κ2) is 4.46. The maximum absolute atomic E-state index is 4.60. The van der Waals surface area contributed by atoms with Gasteiger partial charge in [0, 0.05) is 15.5 Å². The minimum Gasteiger partial charge on any atom is -0.299 e. The van der Waals surface area contributed by atoms with Gasteiger partial charge in [0.15, 0.2) is 0 Å². The molecule has 1 aromatic heterocycles. The van der Waals surface area contributed by atoms with Crippen molar-refractivity contribution in [1.82, 2.24) is 9.55 Å². The van der Waals surface area contributed by atoms with E-state index in [9.17, 15) is 0 Å². The van der Waals surface area contributed by atoms with Crippen LogP contribution in [-0.2, 0) is 0 Å². The number of nitrogens with zero attached hydrogens (tertiary/aromatic N) is 2. The van der Waals surface area contributed by atoms with Crippen molar-refractivity contribution in [3.05, 3.63) is 71.5 Å². The summed E-state index contributed by atoms with van der Waals surface area (Å²) in [5.41, 5.74) is 3.30. The van der Waals surface area contributed by atoms with Crippen LogP contribution in [0.1, 0.15) is 0 Å². The molecule has 0 unspecified atom stereocenters. The Morgan fingerprint density at radius 2 is 1.75 bits per heavy atom. The molecule has 3 aromatic carbocycles. The van der Waals surface area contributed by atoms with E-state index in [-0.39, 0.29) is 0 Å². The molecular weight excluding hydrogens is 312 g/mol. The van der Waals surface area contributed by atoms with E-state index < -0.39 is 0 Å². The van der Waals surface area contributed by atoms with Crippen LogP contribution in [0.2, 0.25) is 0 Å². The molecule has 0 spiro atoms. The molecule has 2 nitrogen and oxygen atoms in total. The van der Waals surface area contributed by atoms with Crippen LogP contribution >= 0.6 is 15.9 Å². The molecule has 4 rings (SSSR count). The lowest BCUT2D eigenvalue weighted by atomic mass is 10.1. The molecule has 0 amide bonds. The summed E-state index contributed by atoms with van der Waals surface area (Å²) in [4.78, 5) is 4.60. The van der Waals surface area contributed by atoms with Gasteiger partial charge < -0.3 is 0 Å². The van der Waals surface area contributed by atoms with Gasteiger partial charge >= 0.3 is 0 Å². The average molecular weight is 323 g/mol. The Morgan fingerprint density at radius 3 is 2.60 bits per heavy atom. The van der Waals surface area contributed by atoms with Gasteiger partial charge in [0.1, 0.15) is 6.33 Å². The van der Waals surface area contributed by atoms with Crippen LogP contribution in [0.4, 0.5) is 0 Å². The molecule has 0 atom stereocenters. The van der Waals surface area contributed by atoms with E-state index in [1.165, 1.54) is 10.8 Å². The highest BCUT2D eigenvalue weighted by atomic mass is 79.9. The third-order valence-electron chi connectivity index (χ3n) is 3.53. The standard InChI is InChI=1S/C17H11BrN2/c18-13-7-8-15-12(10-13)6-9-16-17(15)19-11-20(16)14-4-2-1-3-5-14/h1-11H. The van der Waals surface area contributed by atoms with Gasteiger partial charge in [-0.05, 0) is 35.7 Å². The highest BCUT2D eigenvalue weighted by Crippen LogP contribution is 2.28. The lowest BCUT2D eigenvalue weighted by molar-refractivity contribution is 1.09. The fourth-order valence-electron chi connectivity index (χ4n) is 2.57. The maximum Gasteiger partial charge on any atom is 0.100 e. The zero-order valence-electron chi connectivity index (χ0n) is 10.6. The first-order chi connectivity index (χ1) is 9.83. The molecule has 0 aliphatic carbocycles. The van der Waals surface area contributed by atoms with Crippen LogP contribution in [0.15, 0.2) is 71.5 Å². The number of aromatic nitrogens is 2. The minimum atomic E-state index is 1.04. The Bertz CT molecular complexity index is 910. The zero-order chi connectivity index (χ0) is 13.5. The first-order valence-electron chi connectivity index (χ1n) is 6.44. The van der Waals surface area contributed by atoms with Crippen LogP contribution in [0.25, 0.3) is 27.5 Å². The summed E-state index contributed by atoms with van der Waals surface area (Å²) in [7, 11) is 0. The number of imidazole rings is 1. The number of para-hydroxylation sites is 1. The fourth-order valence-corrected chi connectivity index (χ4v) is 2.95. The summed E-state index contributed by atoms with van der Waals surface area (Å²) >= 11 is 3.51. The molecule has 4 aromatic rings. The van der Waals surface area contributed by atoms with Gasteiger partial charge in [-0.25, -0.2) is 4.98 Å². The number of fused-ring (bicyclic) bond motifs is 3. The zero-order valence-corrected chi connectivity index (χ0v) is 12.2. The van der Waals surface area contributed by atoms with Crippen LogP contribution in [-0.4, -0.2) is 9.55 Å². The Morgan fingerprint density at radius 1 is 0.900 bits per heavy atom. The molecule has 0 aliphatic rings. The van der Waals surface area contributed by atoms with Crippen molar-refractivity contribution >= 4 is 37.7 Å². The summed E-state index contributed by atoms with van der Waals surface area (Å²) in [6, 6.07) is 20.9. The summed E-state index contributed by atoms with van der Waals surface area (Å²) in [5, 5.41) is 2.38. The van der Waals surface area contributed by atoms with Crippen molar-refractivity contribution in [2.45, 2.75) is 0 Å². The molecule has 20 heavy (non-hydrogen) atoms. The molecule has 1 heterocycles. The van der Waals surface area contributed by atoms with Crippen molar-refractivity contribution < 1.29 is 0 Å². The van der Waals surface area contributed by atoms with Crippen LogP contribution in [0.3, 0.4) is 0 Å². The van der Waals surface area contributed by atoms with E-state index in [0.717, 1.165) is 21.2 Å². The van der Waals surface area contributed by atoms with Crippen molar-refractivity contribution in [3.8, 4) is 5.69 Å². The molecule has 0 fully saturated rings. The average Bonchev–Trinajstić information content (AvgIpc) is 2.92. The van der Waals surface area contributed by atoms with E-state index in [4.69, 9.17) is 0 Å².